The van der Waals surface area contributed by atoms with Gasteiger partial charge in [-0.2, -0.15) is 0 Å². The summed E-state index contributed by atoms with van der Waals surface area (Å²) in [6.45, 7) is 7.36. The lowest BCUT2D eigenvalue weighted by atomic mass is 10.1. The number of rotatable bonds is 8. The Labute approximate surface area is 128 Å². The zero-order valence-electron chi connectivity index (χ0n) is 13.8. The first-order valence-electron chi connectivity index (χ1n) is 7.60. The van der Waals surface area contributed by atoms with Gasteiger partial charge in [0.15, 0.2) is 0 Å². The zero-order valence-corrected chi connectivity index (χ0v) is 13.8. The summed E-state index contributed by atoms with van der Waals surface area (Å²) < 4.78 is 5.46. The van der Waals surface area contributed by atoms with Crippen LogP contribution in [0.5, 0.6) is 5.75 Å². The molecule has 0 spiro atoms. The molecular formula is C17H28N2O2. The van der Waals surface area contributed by atoms with Crippen LogP contribution in [-0.4, -0.2) is 38.1 Å². The van der Waals surface area contributed by atoms with Crippen molar-refractivity contribution in [3.63, 3.8) is 0 Å². The molecule has 1 unspecified atom stereocenters. The predicted molar refractivity (Wildman–Crippen MR) is 86.5 cm³/mol. The van der Waals surface area contributed by atoms with E-state index in [1.807, 2.05) is 33.2 Å². The van der Waals surface area contributed by atoms with E-state index in [0.29, 0.717) is 25.5 Å². The molecule has 1 N–H and O–H groups in total. The second-order valence-corrected chi connectivity index (χ2v) is 5.88. The van der Waals surface area contributed by atoms with Crippen LogP contribution in [0.3, 0.4) is 0 Å². The molecule has 0 radical (unpaired) electrons. The summed E-state index contributed by atoms with van der Waals surface area (Å²) in [7, 11) is 4.05. The van der Waals surface area contributed by atoms with E-state index in [-0.39, 0.29) is 11.9 Å². The fraction of sp³-hybridized carbons (Fsp3) is 0.588. The molecule has 0 aliphatic rings. The minimum atomic E-state index is 0.114. The molecule has 4 heteroatoms. The van der Waals surface area contributed by atoms with Crippen LogP contribution in [0.2, 0.25) is 0 Å². The summed E-state index contributed by atoms with van der Waals surface area (Å²) in [5.74, 6) is 1.37. The van der Waals surface area contributed by atoms with Crippen LogP contribution in [0.4, 0.5) is 0 Å². The highest BCUT2D eigenvalue weighted by Crippen LogP contribution is 2.21. The van der Waals surface area contributed by atoms with Gasteiger partial charge in [0.1, 0.15) is 5.75 Å². The van der Waals surface area contributed by atoms with E-state index in [4.69, 9.17) is 4.74 Å². The molecule has 0 aromatic heterocycles. The molecule has 0 aliphatic heterocycles. The molecule has 1 aromatic carbocycles. The van der Waals surface area contributed by atoms with Gasteiger partial charge in [0.25, 0.3) is 0 Å². The number of hydrogen-bond acceptors (Lipinski definition) is 3. The van der Waals surface area contributed by atoms with E-state index in [2.05, 4.69) is 36.2 Å². The Hall–Kier alpha value is -1.55. The molecule has 21 heavy (non-hydrogen) atoms. The summed E-state index contributed by atoms with van der Waals surface area (Å²) in [6.07, 6.45) is 0.573. The van der Waals surface area contributed by atoms with E-state index in [0.717, 1.165) is 5.75 Å². The number of likely N-dealkylation sites (N-methyl/N-ethyl adjacent to an activating group) is 1. The van der Waals surface area contributed by atoms with Gasteiger partial charge < -0.3 is 15.0 Å². The number of benzene rings is 1. The van der Waals surface area contributed by atoms with Gasteiger partial charge in [-0.15, -0.1) is 0 Å². The summed E-state index contributed by atoms with van der Waals surface area (Å²) >= 11 is 0. The third-order valence-corrected chi connectivity index (χ3v) is 3.29. The smallest absolute Gasteiger partial charge is 0.220 e. The van der Waals surface area contributed by atoms with Crippen molar-refractivity contribution in [1.82, 2.24) is 10.2 Å². The van der Waals surface area contributed by atoms with Gasteiger partial charge in [-0.25, -0.2) is 0 Å². The van der Waals surface area contributed by atoms with Crippen LogP contribution in [0.25, 0.3) is 0 Å². The highest BCUT2D eigenvalue weighted by molar-refractivity contribution is 5.76. The summed E-state index contributed by atoms with van der Waals surface area (Å²) in [4.78, 5) is 13.9. The lowest BCUT2D eigenvalue weighted by Crippen LogP contribution is -2.34. The molecule has 0 aliphatic carbocycles. The first-order chi connectivity index (χ1) is 9.93. The Morgan fingerprint density at radius 2 is 1.86 bits per heavy atom. The van der Waals surface area contributed by atoms with Crippen LogP contribution in [-0.2, 0) is 4.79 Å². The lowest BCUT2D eigenvalue weighted by molar-refractivity contribution is -0.122. The van der Waals surface area contributed by atoms with Crippen molar-refractivity contribution in [1.29, 1.82) is 0 Å². The van der Waals surface area contributed by atoms with Gasteiger partial charge in [0.05, 0.1) is 12.6 Å². The van der Waals surface area contributed by atoms with Gasteiger partial charge in [-0.1, -0.05) is 26.0 Å². The molecule has 0 bridgehead atoms. The first kappa shape index (κ1) is 17.5. The minimum Gasteiger partial charge on any atom is -0.494 e. The van der Waals surface area contributed by atoms with E-state index in [9.17, 15) is 4.79 Å². The molecular weight excluding hydrogens is 264 g/mol. The molecule has 1 aromatic rings. The quantitative estimate of drug-likeness (QED) is 0.801. The van der Waals surface area contributed by atoms with Gasteiger partial charge >= 0.3 is 0 Å². The van der Waals surface area contributed by atoms with Crippen LogP contribution >= 0.6 is 0 Å². The number of carbonyl (C=O) groups excluding carboxylic acids is 1. The van der Waals surface area contributed by atoms with E-state index in [1.165, 1.54) is 5.56 Å². The molecule has 4 nitrogen and oxygen atoms in total. The fourth-order valence-corrected chi connectivity index (χ4v) is 2.20. The fourth-order valence-electron chi connectivity index (χ4n) is 2.20. The Morgan fingerprint density at radius 3 is 2.33 bits per heavy atom. The van der Waals surface area contributed by atoms with Crippen LogP contribution in [0.15, 0.2) is 24.3 Å². The summed E-state index contributed by atoms with van der Waals surface area (Å²) in [5, 5.41) is 3.02. The molecule has 0 heterocycles. The van der Waals surface area contributed by atoms with Gasteiger partial charge in [-0.05, 0) is 44.6 Å². The molecule has 0 fully saturated rings. The highest BCUT2D eigenvalue weighted by atomic mass is 16.5. The van der Waals surface area contributed by atoms with Crippen molar-refractivity contribution in [3.8, 4) is 5.75 Å². The van der Waals surface area contributed by atoms with Crippen molar-refractivity contribution in [2.75, 3.05) is 27.2 Å². The average Bonchev–Trinajstić information content (AvgIpc) is 2.40. The van der Waals surface area contributed by atoms with Gasteiger partial charge in [0, 0.05) is 13.0 Å². The Morgan fingerprint density at radius 1 is 1.24 bits per heavy atom. The van der Waals surface area contributed by atoms with Crippen molar-refractivity contribution in [3.05, 3.63) is 29.8 Å². The standard InChI is InChI=1S/C17H28N2O2/c1-6-21-15-9-7-14(8-10-15)16(19(4)5)12-18-17(20)11-13(2)3/h7-10,13,16H,6,11-12H2,1-5H3,(H,18,20). The molecule has 1 atom stereocenters. The predicted octanol–water partition coefficient (Wildman–Crippen LogP) is 2.85. The average molecular weight is 292 g/mol. The van der Waals surface area contributed by atoms with Gasteiger partial charge in [-0.3, -0.25) is 4.79 Å². The number of ether oxygens (including phenoxy) is 1. The van der Waals surface area contributed by atoms with Crippen molar-refractivity contribution >= 4 is 5.91 Å². The first-order valence-corrected chi connectivity index (χ1v) is 7.60. The Kier molecular flexibility index (Phi) is 7.23. The molecule has 0 saturated heterocycles. The summed E-state index contributed by atoms with van der Waals surface area (Å²) in [5.41, 5.74) is 1.17. The van der Waals surface area contributed by atoms with E-state index >= 15 is 0 Å². The van der Waals surface area contributed by atoms with Gasteiger partial charge in [0.2, 0.25) is 5.91 Å². The maximum Gasteiger partial charge on any atom is 0.220 e. The number of nitrogens with zero attached hydrogens (tertiary/aromatic N) is 1. The maximum absolute atomic E-state index is 11.8. The van der Waals surface area contributed by atoms with Crippen molar-refractivity contribution in [2.24, 2.45) is 5.92 Å². The lowest BCUT2D eigenvalue weighted by Gasteiger charge is -2.25. The van der Waals surface area contributed by atoms with Crippen molar-refractivity contribution in [2.45, 2.75) is 33.2 Å². The summed E-state index contributed by atoms with van der Waals surface area (Å²) in [6, 6.07) is 8.24. The molecule has 1 rings (SSSR count). The monoisotopic (exact) mass is 292 g/mol. The maximum atomic E-state index is 11.8. The second-order valence-electron chi connectivity index (χ2n) is 5.88. The molecule has 0 saturated carbocycles. The second kappa shape index (κ2) is 8.67. The topological polar surface area (TPSA) is 41.6 Å². The van der Waals surface area contributed by atoms with Crippen LogP contribution in [0.1, 0.15) is 38.8 Å². The zero-order chi connectivity index (χ0) is 15.8. The minimum absolute atomic E-state index is 0.114. The largest absolute Gasteiger partial charge is 0.494 e. The third kappa shape index (κ3) is 6.17. The van der Waals surface area contributed by atoms with E-state index < -0.39 is 0 Å². The number of hydrogen-bond donors (Lipinski definition) is 1. The van der Waals surface area contributed by atoms with Crippen LogP contribution in [0, 0.1) is 5.92 Å². The van der Waals surface area contributed by atoms with Crippen molar-refractivity contribution < 1.29 is 9.53 Å². The number of carbonyl (C=O) groups is 1. The Bertz CT molecular complexity index is 427. The number of nitrogens with one attached hydrogen (secondary N) is 1. The van der Waals surface area contributed by atoms with E-state index in [1.54, 1.807) is 0 Å². The molecule has 118 valence electrons. The normalized spacial score (nSPS) is 12.5. The Balaban J connectivity index is 2.66. The number of amides is 1. The molecule has 1 amide bonds. The SMILES string of the molecule is CCOc1ccc(C(CNC(=O)CC(C)C)N(C)C)cc1. The van der Waals surface area contributed by atoms with Crippen LogP contribution < -0.4 is 10.1 Å². The highest BCUT2D eigenvalue weighted by Gasteiger charge is 2.15. The third-order valence-electron chi connectivity index (χ3n) is 3.29.